The summed E-state index contributed by atoms with van der Waals surface area (Å²) in [6.07, 6.45) is 0. The number of furan rings is 4. The summed E-state index contributed by atoms with van der Waals surface area (Å²) in [5.41, 5.74) is 16.9. The minimum Gasteiger partial charge on any atom is -0.454 e. The molecule has 0 bridgehead atoms. The van der Waals surface area contributed by atoms with Gasteiger partial charge in [-0.25, -0.2) is 0 Å². The third kappa shape index (κ3) is 7.99. The van der Waals surface area contributed by atoms with Crippen molar-refractivity contribution in [2.45, 2.75) is 91.9 Å². The van der Waals surface area contributed by atoms with Gasteiger partial charge in [0.1, 0.15) is 34.0 Å². The highest BCUT2D eigenvalue weighted by Gasteiger charge is 2.28. The molecule has 0 atom stereocenters. The first-order valence-corrected chi connectivity index (χ1v) is 29.3. The molecule has 0 radical (unpaired) electrons. The molecule has 15 aromatic rings. The Hall–Kier alpha value is -9.77. The molecular weight excluding hydrogens is 1030 g/mol. The Morgan fingerprint density at radius 2 is 0.726 bits per heavy atom. The van der Waals surface area contributed by atoms with Gasteiger partial charge in [0, 0.05) is 77.0 Å². The average molecular weight is 1090 g/mol. The maximum Gasteiger partial charge on any atom is 0.159 e. The minimum atomic E-state index is -0.107. The second-order valence-electron chi connectivity index (χ2n) is 25.6. The Kier molecular flexibility index (Phi) is 11.3. The molecule has 0 spiro atoms. The van der Waals surface area contributed by atoms with Gasteiger partial charge >= 0.3 is 0 Å². The first-order chi connectivity index (χ1) is 40.5. The van der Waals surface area contributed by atoms with Gasteiger partial charge in [-0.2, -0.15) is 5.26 Å². The van der Waals surface area contributed by atoms with Crippen molar-refractivity contribution in [3.63, 3.8) is 0 Å². The van der Waals surface area contributed by atoms with Gasteiger partial charge in [0.2, 0.25) is 0 Å². The molecule has 7 heteroatoms. The maximum absolute atomic E-state index is 11.0. The number of anilines is 6. The van der Waals surface area contributed by atoms with E-state index in [1.54, 1.807) is 0 Å². The average Bonchev–Trinajstić information content (AvgIpc) is 1.79. The predicted molar refractivity (Wildman–Crippen MR) is 350 cm³/mol. The van der Waals surface area contributed by atoms with Crippen LogP contribution in [-0.4, -0.2) is 0 Å². The monoisotopic (exact) mass is 1090 g/mol. The summed E-state index contributed by atoms with van der Waals surface area (Å²) in [6, 6.07) is 70.1. The number of para-hydroxylation sites is 4. The van der Waals surface area contributed by atoms with Gasteiger partial charge in [-0.05, 0) is 146 Å². The third-order valence-corrected chi connectivity index (χ3v) is 17.5. The molecule has 15 rings (SSSR count). The SMILES string of the molecule is CC(C)c1ccc(N(c2ccc3cc4c(cc3c2)oc2c(C#N)c3oc5cc6cc(N(c7ccc(C(C)C)cc7)c7cccc8c7oc7c(C(C)(C)C)cccc78)ccc6cc5c3cc24)c2cccc3c2oc2c(C(C)(C)C)cccc23)cc1. The van der Waals surface area contributed by atoms with Crippen LogP contribution in [0, 0.1) is 11.3 Å². The fourth-order valence-corrected chi connectivity index (χ4v) is 13.0. The molecule has 0 saturated carbocycles. The van der Waals surface area contributed by atoms with Gasteiger partial charge in [-0.1, -0.05) is 166 Å². The fourth-order valence-electron chi connectivity index (χ4n) is 13.0. The Morgan fingerprint density at radius 3 is 1.11 bits per heavy atom. The first kappa shape index (κ1) is 51.1. The van der Waals surface area contributed by atoms with E-state index in [9.17, 15) is 5.26 Å². The Balaban J connectivity index is 0.852. The van der Waals surface area contributed by atoms with Crippen LogP contribution in [-0.2, 0) is 10.8 Å². The van der Waals surface area contributed by atoms with Gasteiger partial charge in [-0.15, -0.1) is 0 Å². The molecular formula is C77H63N3O4. The van der Waals surface area contributed by atoms with Crippen molar-refractivity contribution in [2.75, 3.05) is 9.80 Å². The van der Waals surface area contributed by atoms with Crippen LogP contribution in [0.4, 0.5) is 34.1 Å². The zero-order chi connectivity index (χ0) is 57.7. The van der Waals surface area contributed by atoms with E-state index in [0.29, 0.717) is 39.7 Å². The van der Waals surface area contributed by atoms with E-state index in [-0.39, 0.29) is 10.8 Å². The lowest BCUT2D eigenvalue weighted by Gasteiger charge is -2.26. The van der Waals surface area contributed by atoms with Crippen LogP contribution in [0.5, 0.6) is 0 Å². The number of nitriles is 1. The highest BCUT2D eigenvalue weighted by atomic mass is 16.3. The first-order valence-electron chi connectivity index (χ1n) is 29.3. The number of rotatable bonds is 8. The lowest BCUT2D eigenvalue weighted by atomic mass is 9.86. The molecule has 0 amide bonds. The molecule has 84 heavy (non-hydrogen) atoms. The van der Waals surface area contributed by atoms with Crippen LogP contribution in [0.3, 0.4) is 0 Å². The van der Waals surface area contributed by atoms with Gasteiger partial charge in [0.15, 0.2) is 22.3 Å². The summed E-state index contributed by atoms with van der Waals surface area (Å²) in [7, 11) is 0. The number of fused-ring (bicyclic) bond motifs is 14. The van der Waals surface area contributed by atoms with E-state index < -0.39 is 0 Å². The molecule has 0 aliphatic rings. The number of nitrogens with zero attached hydrogens (tertiary/aromatic N) is 3. The van der Waals surface area contributed by atoms with Crippen LogP contribution < -0.4 is 9.80 Å². The summed E-state index contributed by atoms with van der Waals surface area (Å²) in [4.78, 5) is 4.61. The Bertz CT molecular complexity index is 4920. The Labute approximate surface area is 487 Å². The molecule has 4 aromatic heterocycles. The highest BCUT2D eigenvalue weighted by Crippen LogP contribution is 2.49. The summed E-state index contributed by atoms with van der Waals surface area (Å²) >= 11 is 0. The normalized spacial score (nSPS) is 12.6. The summed E-state index contributed by atoms with van der Waals surface area (Å²) in [5, 5.41) is 23.1. The van der Waals surface area contributed by atoms with Crippen molar-refractivity contribution in [3.05, 3.63) is 216 Å². The fraction of sp³-hybridized carbons (Fsp3) is 0.182. The molecule has 0 saturated heterocycles. The topological polar surface area (TPSA) is 82.8 Å². The van der Waals surface area contributed by atoms with E-state index >= 15 is 0 Å². The van der Waals surface area contributed by atoms with Crippen molar-refractivity contribution >= 4 is 143 Å². The van der Waals surface area contributed by atoms with Crippen molar-refractivity contribution in [1.29, 1.82) is 5.26 Å². The maximum atomic E-state index is 11.0. The zero-order valence-electron chi connectivity index (χ0n) is 49.0. The molecule has 0 unspecified atom stereocenters. The lowest BCUT2D eigenvalue weighted by Crippen LogP contribution is -2.11. The van der Waals surface area contributed by atoms with Crippen LogP contribution in [0.15, 0.2) is 206 Å². The standard InChI is InChI=1S/C77H63N3O4/c1-43(2)45-23-29-51(30-24-45)79(66-21-13-17-57-55-15-11-19-64(76(5,6)7)72(55)83-74(57)66)53-33-27-47-37-59-61-41-62-60-38-48-28-34-54(36-50(48)40-69(60)82-71(62)63(42-78)70(61)81-68(59)39-49(47)35-53)80(52-31-25-46(26-32-52)44(3)4)67-22-14-18-58-56-16-12-20-65(77(8,9)10)73(56)84-75(58)67/h11-41,43-44H,1-10H3. The zero-order valence-corrected chi connectivity index (χ0v) is 49.0. The molecule has 410 valence electrons. The second-order valence-corrected chi connectivity index (χ2v) is 25.6. The molecule has 0 aliphatic heterocycles. The van der Waals surface area contributed by atoms with E-state index in [2.05, 4.69) is 273 Å². The van der Waals surface area contributed by atoms with Gasteiger partial charge in [-0.3, -0.25) is 0 Å². The van der Waals surface area contributed by atoms with Crippen LogP contribution in [0.25, 0.3) is 109 Å². The van der Waals surface area contributed by atoms with E-state index in [1.807, 2.05) is 0 Å². The number of hydrogen-bond acceptors (Lipinski definition) is 7. The largest absolute Gasteiger partial charge is 0.454 e. The van der Waals surface area contributed by atoms with Gasteiger partial charge in [0.25, 0.3) is 0 Å². The molecule has 0 aliphatic carbocycles. The van der Waals surface area contributed by atoms with Crippen LogP contribution >= 0.6 is 0 Å². The van der Waals surface area contributed by atoms with Gasteiger partial charge in [0.05, 0.1) is 11.4 Å². The predicted octanol–water partition coefficient (Wildman–Crippen LogP) is 23.2. The summed E-state index contributed by atoms with van der Waals surface area (Å²) in [5.74, 6) is 0.784. The smallest absolute Gasteiger partial charge is 0.159 e. The van der Waals surface area contributed by atoms with E-state index in [0.717, 1.165) is 121 Å². The molecule has 0 N–H and O–H groups in total. The number of hydrogen-bond donors (Lipinski definition) is 0. The molecule has 4 heterocycles. The quantitative estimate of drug-likeness (QED) is 0.150. The third-order valence-electron chi connectivity index (χ3n) is 17.5. The molecule has 11 aromatic carbocycles. The summed E-state index contributed by atoms with van der Waals surface area (Å²) < 4.78 is 27.6. The van der Waals surface area contributed by atoms with Crippen molar-refractivity contribution in [1.82, 2.24) is 0 Å². The number of benzene rings is 11. The summed E-state index contributed by atoms with van der Waals surface area (Å²) in [6.45, 7) is 22.3. The van der Waals surface area contributed by atoms with Gasteiger partial charge < -0.3 is 27.5 Å². The molecule has 0 fully saturated rings. The van der Waals surface area contributed by atoms with Crippen molar-refractivity contribution in [3.8, 4) is 6.07 Å². The van der Waals surface area contributed by atoms with E-state index in [4.69, 9.17) is 17.7 Å². The van der Waals surface area contributed by atoms with Crippen molar-refractivity contribution in [2.24, 2.45) is 0 Å². The van der Waals surface area contributed by atoms with Crippen LogP contribution in [0.1, 0.15) is 109 Å². The lowest BCUT2D eigenvalue weighted by molar-refractivity contribution is 0.572. The highest BCUT2D eigenvalue weighted by molar-refractivity contribution is 6.21. The van der Waals surface area contributed by atoms with Crippen molar-refractivity contribution < 1.29 is 17.7 Å². The van der Waals surface area contributed by atoms with E-state index in [1.165, 1.54) is 22.3 Å². The van der Waals surface area contributed by atoms with Crippen LogP contribution in [0.2, 0.25) is 0 Å². The Morgan fingerprint density at radius 1 is 0.345 bits per heavy atom. The minimum absolute atomic E-state index is 0.107. The second kappa shape index (κ2) is 18.6. The molecule has 7 nitrogen and oxygen atoms in total.